The highest BCUT2D eigenvalue weighted by atomic mass is 19.2. The third-order valence-electron chi connectivity index (χ3n) is 1.91. The molecule has 1 saturated carbocycles. The van der Waals surface area contributed by atoms with Crippen molar-refractivity contribution in [1.82, 2.24) is 5.32 Å². The molecule has 10 heavy (non-hydrogen) atoms. The number of rotatable bonds is 0. The van der Waals surface area contributed by atoms with Gasteiger partial charge >= 0.3 is 6.09 Å². The first-order valence-corrected chi connectivity index (χ1v) is 2.90. The van der Waals surface area contributed by atoms with E-state index in [4.69, 9.17) is 0 Å². The average molecular weight is 149 g/mol. The maximum atomic E-state index is 12.4. The Morgan fingerprint density at radius 2 is 2.20 bits per heavy atom. The van der Waals surface area contributed by atoms with Gasteiger partial charge in [0.15, 0.2) is 12.3 Å². The maximum Gasteiger partial charge on any atom is 0.407 e. The second-order valence-corrected chi connectivity index (χ2v) is 2.55. The molecular formula is C5H5F2NO2. The van der Waals surface area contributed by atoms with Crippen molar-refractivity contribution >= 4 is 6.09 Å². The summed E-state index contributed by atoms with van der Waals surface area (Å²) in [6.07, 6.45) is -3.90. The molecule has 1 heterocycles. The van der Waals surface area contributed by atoms with Crippen LogP contribution in [-0.4, -0.2) is 30.6 Å². The molecule has 56 valence electrons. The van der Waals surface area contributed by atoms with Crippen LogP contribution in [0.4, 0.5) is 13.6 Å². The van der Waals surface area contributed by atoms with Gasteiger partial charge in [0.2, 0.25) is 0 Å². The van der Waals surface area contributed by atoms with E-state index in [-0.39, 0.29) is 6.61 Å². The predicted molar refractivity (Wildman–Crippen MR) is 27.0 cm³/mol. The third-order valence-corrected chi connectivity index (χ3v) is 1.91. The van der Waals surface area contributed by atoms with Gasteiger partial charge < -0.3 is 10.1 Å². The molecule has 1 aliphatic carbocycles. The molecule has 0 bridgehead atoms. The number of alkyl halides is 2. The number of ether oxygens (including phenoxy) is 1. The minimum atomic E-state index is -1.58. The van der Waals surface area contributed by atoms with Crippen LogP contribution in [0.2, 0.25) is 0 Å². The van der Waals surface area contributed by atoms with E-state index in [1.54, 1.807) is 0 Å². The molecule has 0 aromatic heterocycles. The van der Waals surface area contributed by atoms with Crippen molar-refractivity contribution in [1.29, 1.82) is 0 Å². The topological polar surface area (TPSA) is 38.3 Å². The van der Waals surface area contributed by atoms with Gasteiger partial charge in [0.25, 0.3) is 0 Å². The number of hydrogen-bond acceptors (Lipinski definition) is 2. The van der Waals surface area contributed by atoms with Crippen molar-refractivity contribution in [2.75, 3.05) is 6.61 Å². The molecule has 2 aliphatic rings. The lowest BCUT2D eigenvalue weighted by Crippen LogP contribution is -2.33. The van der Waals surface area contributed by atoms with Crippen molar-refractivity contribution in [2.24, 2.45) is 0 Å². The summed E-state index contributed by atoms with van der Waals surface area (Å²) in [7, 11) is 0. The lowest BCUT2D eigenvalue weighted by molar-refractivity contribution is 0.175. The van der Waals surface area contributed by atoms with Crippen LogP contribution in [-0.2, 0) is 4.74 Å². The summed E-state index contributed by atoms with van der Waals surface area (Å²) in [5.41, 5.74) is -1.32. The van der Waals surface area contributed by atoms with Crippen molar-refractivity contribution < 1.29 is 18.3 Å². The number of halogens is 2. The van der Waals surface area contributed by atoms with Crippen molar-refractivity contribution in [3.05, 3.63) is 0 Å². The van der Waals surface area contributed by atoms with Crippen molar-refractivity contribution in [2.45, 2.75) is 17.9 Å². The Labute approximate surface area is 55.3 Å². The van der Waals surface area contributed by atoms with Crippen LogP contribution in [0.25, 0.3) is 0 Å². The predicted octanol–water partition coefficient (Wildman–Crippen LogP) is 0.155. The zero-order valence-corrected chi connectivity index (χ0v) is 4.93. The van der Waals surface area contributed by atoms with Gasteiger partial charge in [0.05, 0.1) is 0 Å². The van der Waals surface area contributed by atoms with Gasteiger partial charge in [-0.05, 0) is 0 Å². The van der Waals surface area contributed by atoms with Crippen molar-refractivity contribution in [3.63, 3.8) is 0 Å². The SMILES string of the molecule is O=C1NC2(CO1)C(F)C2F. The fourth-order valence-corrected chi connectivity index (χ4v) is 1.09. The van der Waals surface area contributed by atoms with Crippen LogP contribution in [0.1, 0.15) is 0 Å². The summed E-state index contributed by atoms with van der Waals surface area (Å²) in [5.74, 6) is 0. The third kappa shape index (κ3) is 0.460. The summed E-state index contributed by atoms with van der Waals surface area (Å²) < 4.78 is 29.1. The molecular weight excluding hydrogens is 144 g/mol. The molecule has 1 saturated heterocycles. The zero-order valence-electron chi connectivity index (χ0n) is 4.93. The molecule has 2 fully saturated rings. The second kappa shape index (κ2) is 1.41. The van der Waals surface area contributed by atoms with E-state index in [0.29, 0.717) is 0 Å². The van der Waals surface area contributed by atoms with Crippen LogP contribution in [0, 0.1) is 0 Å². The molecule has 0 aromatic carbocycles. The molecule has 2 rings (SSSR count). The Kier molecular flexibility index (Phi) is 0.828. The molecule has 5 heteroatoms. The summed E-state index contributed by atoms with van der Waals surface area (Å²) in [5, 5.41) is 2.09. The smallest absolute Gasteiger partial charge is 0.407 e. The molecule has 2 atom stereocenters. The van der Waals surface area contributed by atoms with E-state index >= 15 is 0 Å². The zero-order chi connectivity index (χ0) is 7.35. The first-order chi connectivity index (χ1) is 4.67. The van der Waals surface area contributed by atoms with Crippen LogP contribution >= 0.6 is 0 Å². The Hall–Kier alpha value is -0.870. The highest BCUT2D eigenvalue weighted by molar-refractivity contribution is 5.72. The van der Waals surface area contributed by atoms with Gasteiger partial charge in [-0.25, -0.2) is 13.6 Å². The molecule has 1 aliphatic heterocycles. The number of hydrogen-bond donors (Lipinski definition) is 1. The number of carbonyl (C=O) groups is 1. The number of alkyl carbamates (subject to hydrolysis) is 1. The Morgan fingerprint density at radius 3 is 2.40 bits per heavy atom. The van der Waals surface area contributed by atoms with E-state index in [1.807, 2.05) is 0 Å². The van der Waals surface area contributed by atoms with Gasteiger partial charge in [-0.3, -0.25) is 0 Å². The molecule has 1 N–H and O–H groups in total. The molecule has 0 aromatic rings. The van der Waals surface area contributed by atoms with Gasteiger partial charge in [0, 0.05) is 0 Å². The van der Waals surface area contributed by atoms with E-state index in [9.17, 15) is 13.6 Å². The largest absolute Gasteiger partial charge is 0.447 e. The highest BCUT2D eigenvalue weighted by Gasteiger charge is 2.72. The number of nitrogens with one attached hydrogen (secondary N) is 1. The molecule has 0 radical (unpaired) electrons. The molecule has 3 nitrogen and oxygen atoms in total. The van der Waals surface area contributed by atoms with Gasteiger partial charge in [-0.2, -0.15) is 0 Å². The summed E-state index contributed by atoms with van der Waals surface area (Å²) >= 11 is 0. The Balaban J connectivity index is 2.15. The van der Waals surface area contributed by atoms with Gasteiger partial charge in [-0.1, -0.05) is 0 Å². The standard InChI is InChI=1S/C5H5F2NO2/c6-2-3(7)5(2)1-10-4(9)8-5/h2-3H,1H2,(H,8,9). The lowest BCUT2D eigenvalue weighted by atomic mass is 10.3. The molecule has 1 amide bonds. The number of amides is 1. The minimum Gasteiger partial charge on any atom is -0.447 e. The summed E-state index contributed by atoms with van der Waals surface area (Å²) in [4.78, 5) is 10.3. The lowest BCUT2D eigenvalue weighted by Gasteiger charge is -1.97. The van der Waals surface area contributed by atoms with Crippen molar-refractivity contribution in [3.8, 4) is 0 Å². The van der Waals surface area contributed by atoms with Crippen LogP contribution in [0.15, 0.2) is 0 Å². The quantitative estimate of drug-likeness (QED) is 0.532. The van der Waals surface area contributed by atoms with Gasteiger partial charge in [0.1, 0.15) is 12.1 Å². The maximum absolute atomic E-state index is 12.4. The molecule has 2 unspecified atom stereocenters. The highest BCUT2D eigenvalue weighted by Crippen LogP contribution is 2.45. The molecule has 1 spiro atoms. The first kappa shape index (κ1) is 5.88. The minimum absolute atomic E-state index is 0.186. The monoisotopic (exact) mass is 149 g/mol. The Morgan fingerprint density at radius 1 is 1.60 bits per heavy atom. The number of cyclic esters (lactones) is 1. The Bertz CT molecular complexity index is 188. The van der Waals surface area contributed by atoms with E-state index in [2.05, 4.69) is 10.1 Å². The van der Waals surface area contributed by atoms with Gasteiger partial charge in [-0.15, -0.1) is 0 Å². The van der Waals surface area contributed by atoms with Crippen LogP contribution < -0.4 is 5.32 Å². The summed E-state index contributed by atoms with van der Waals surface area (Å²) in [6.45, 7) is -0.186. The van der Waals surface area contributed by atoms with E-state index < -0.39 is 24.0 Å². The second-order valence-electron chi connectivity index (χ2n) is 2.55. The number of carbonyl (C=O) groups excluding carboxylic acids is 1. The van der Waals surface area contributed by atoms with Crippen LogP contribution in [0.5, 0.6) is 0 Å². The van der Waals surface area contributed by atoms with E-state index in [1.165, 1.54) is 0 Å². The normalized spacial score (nSPS) is 50.8. The first-order valence-electron chi connectivity index (χ1n) is 2.90. The summed E-state index contributed by atoms with van der Waals surface area (Å²) in [6, 6.07) is 0. The van der Waals surface area contributed by atoms with E-state index in [0.717, 1.165) is 0 Å². The fourth-order valence-electron chi connectivity index (χ4n) is 1.09. The fraction of sp³-hybridized carbons (Fsp3) is 0.800. The van der Waals surface area contributed by atoms with Crippen LogP contribution in [0.3, 0.4) is 0 Å². The average Bonchev–Trinajstić information content (AvgIpc) is 2.37.